The molecule has 0 radical (unpaired) electrons. The average Bonchev–Trinajstić information content (AvgIpc) is 3.08. The summed E-state index contributed by atoms with van der Waals surface area (Å²) < 4.78 is 2.13. The van der Waals surface area contributed by atoms with Crippen LogP contribution in [-0.2, 0) is 7.05 Å². The first-order chi connectivity index (χ1) is 13.3. The largest absolute Gasteiger partial charge is 0.351 e. The van der Waals surface area contributed by atoms with Crippen molar-refractivity contribution in [3.05, 3.63) is 79.4 Å². The molecule has 5 heteroatoms. The molecule has 0 aliphatic heterocycles. The Morgan fingerprint density at radius 3 is 2.67 bits per heavy atom. The molecular weight excluding hydrogens is 334 g/mol. The smallest absolute Gasteiger partial charge is 0.130 e. The van der Waals surface area contributed by atoms with Crippen LogP contribution in [0.1, 0.15) is 0 Å². The molecule has 0 saturated heterocycles. The van der Waals surface area contributed by atoms with Gasteiger partial charge in [-0.2, -0.15) is 0 Å². The molecule has 0 aliphatic rings. The Labute approximate surface area is 156 Å². The molecule has 130 valence electrons. The van der Waals surface area contributed by atoms with Crippen LogP contribution in [0.3, 0.4) is 0 Å². The number of benzene rings is 2. The number of nitrogens with one attached hydrogen (secondary N) is 1. The zero-order valence-electron chi connectivity index (χ0n) is 14.8. The number of nitrogens with zero attached hydrogens (tertiary/aromatic N) is 4. The second-order valence-corrected chi connectivity index (χ2v) is 6.49. The summed E-state index contributed by atoms with van der Waals surface area (Å²) in [6, 6.07) is 18.5. The van der Waals surface area contributed by atoms with Gasteiger partial charge in [0.05, 0.1) is 11.0 Å². The van der Waals surface area contributed by atoms with Crippen LogP contribution in [-0.4, -0.2) is 19.5 Å². The number of fused-ring (bicyclic) bond motifs is 2. The highest BCUT2D eigenvalue weighted by atomic mass is 15.0. The van der Waals surface area contributed by atoms with E-state index in [0.717, 1.165) is 33.7 Å². The molecule has 1 N–H and O–H groups in total. The minimum absolute atomic E-state index is 0.796. The van der Waals surface area contributed by atoms with Crippen LogP contribution >= 0.6 is 0 Å². The number of rotatable bonds is 3. The molecule has 2 aromatic carbocycles. The van der Waals surface area contributed by atoms with E-state index < -0.39 is 0 Å². The van der Waals surface area contributed by atoms with Crippen molar-refractivity contribution < 1.29 is 0 Å². The number of pyridine rings is 1. The van der Waals surface area contributed by atoms with Crippen LogP contribution in [0.2, 0.25) is 0 Å². The number of hydrogen-bond acceptors (Lipinski definition) is 4. The minimum Gasteiger partial charge on any atom is -0.351 e. The third kappa shape index (κ3) is 2.79. The summed E-state index contributed by atoms with van der Waals surface area (Å²) in [5, 5.41) is 4.59. The van der Waals surface area contributed by atoms with Gasteiger partial charge in [-0.1, -0.05) is 18.2 Å². The molecule has 0 spiro atoms. The molecule has 5 rings (SSSR count). The Hall–Kier alpha value is -3.73. The van der Waals surface area contributed by atoms with Gasteiger partial charge in [-0.3, -0.25) is 9.97 Å². The van der Waals surface area contributed by atoms with E-state index in [1.165, 1.54) is 10.9 Å². The lowest BCUT2D eigenvalue weighted by molar-refractivity contribution is 0.969. The molecule has 0 aliphatic carbocycles. The van der Waals surface area contributed by atoms with Crippen molar-refractivity contribution >= 4 is 33.4 Å². The second kappa shape index (κ2) is 6.21. The molecule has 5 nitrogen and oxygen atoms in total. The predicted octanol–water partition coefficient (Wildman–Crippen LogP) is 4.93. The van der Waals surface area contributed by atoms with Gasteiger partial charge in [0.1, 0.15) is 5.82 Å². The van der Waals surface area contributed by atoms with E-state index in [2.05, 4.69) is 68.4 Å². The molecule has 0 bridgehead atoms. The van der Waals surface area contributed by atoms with Crippen molar-refractivity contribution in [2.24, 2.45) is 7.05 Å². The molecule has 0 amide bonds. The summed E-state index contributed by atoms with van der Waals surface area (Å²) in [6.07, 6.45) is 7.30. The van der Waals surface area contributed by atoms with Gasteiger partial charge < -0.3 is 9.88 Å². The summed E-state index contributed by atoms with van der Waals surface area (Å²) in [4.78, 5) is 13.4. The van der Waals surface area contributed by atoms with E-state index in [9.17, 15) is 0 Å². The van der Waals surface area contributed by atoms with E-state index in [1.807, 2.05) is 24.3 Å². The van der Waals surface area contributed by atoms with E-state index in [0.29, 0.717) is 0 Å². The van der Waals surface area contributed by atoms with Crippen molar-refractivity contribution in [1.29, 1.82) is 0 Å². The molecule has 0 fully saturated rings. The normalized spacial score (nSPS) is 11.1. The Morgan fingerprint density at radius 2 is 1.78 bits per heavy atom. The van der Waals surface area contributed by atoms with Gasteiger partial charge >= 0.3 is 0 Å². The van der Waals surface area contributed by atoms with Gasteiger partial charge in [0.15, 0.2) is 0 Å². The first kappa shape index (κ1) is 15.5. The first-order valence-corrected chi connectivity index (χ1v) is 8.76. The highest BCUT2D eigenvalue weighted by molar-refractivity contribution is 5.97. The molecule has 27 heavy (non-hydrogen) atoms. The lowest BCUT2D eigenvalue weighted by Crippen LogP contribution is -1.95. The van der Waals surface area contributed by atoms with E-state index in [4.69, 9.17) is 0 Å². The van der Waals surface area contributed by atoms with Crippen LogP contribution in [0.25, 0.3) is 33.1 Å². The molecule has 5 aromatic rings. The summed E-state index contributed by atoms with van der Waals surface area (Å²) in [5.41, 5.74) is 6.01. The van der Waals surface area contributed by atoms with E-state index >= 15 is 0 Å². The quantitative estimate of drug-likeness (QED) is 0.501. The number of anilines is 2. The fourth-order valence-corrected chi connectivity index (χ4v) is 3.38. The van der Waals surface area contributed by atoms with Gasteiger partial charge in [-0.15, -0.1) is 0 Å². The second-order valence-electron chi connectivity index (χ2n) is 6.49. The van der Waals surface area contributed by atoms with E-state index in [1.54, 1.807) is 18.6 Å². The van der Waals surface area contributed by atoms with Gasteiger partial charge in [-0.25, -0.2) is 4.98 Å². The van der Waals surface area contributed by atoms with Crippen LogP contribution in [0, 0.1) is 0 Å². The molecule has 0 saturated carbocycles. The highest BCUT2D eigenvalue weighted by Crippen LogP contribution is 2.32. The lowest BCUT2D eigenvalue weighted by atomic mass is 10.0. The predicted molar refractivity (Wildman–Crippen MR) is 109 cm³/mol. The van der Waals surface area contributed by atoms with Crippen LogP contribution in [0.15, 0.2) is 79.4 Å². The van der Waals surface area contributed by atoms with Crippen molar-refractivity contribution in [3.8, 4) is 11.1 Å². The molecule has 0 unspecified atom stereocenters. The van der Waals surface area contributed by atoms with Crippen molar-refractivity contribution in [1.82, 2.24) is 19.5 Å². The minimum atomic E-state index is 0.796. The van der Waals surface area contributed by atoms with E-state index in [-0.39, 0.29) is 0 Å². The van der Waals surface area contributed by atoms with Crippen LogP contribution in [0.4, 0.5) is 11.5 Å². The summed E-state index contributed by atoms with van der Waals surface area (Å²) in [6.45, 7) is 0. The van der Waals surface area contributed by atoms with Crippen LogP contribution < -0.4 is 5.32 Å². The van der Waals surface area contributed by atoms with Crippen molar-refractivity contribution in [2.75, 3.05) is 5.32 Å². The Morgan fingerprint density at radius 1 is 0.852 bits per heavy atom. The standard InChI is InChI=1S/C22H17N5/c1-27-11-7-15-5-6-16(12-20(15)27)18-13-17(26-21-4-2-3-8-24-21)14-19-22(18)25-10-9-23-19/h2-14H,1H3,(H,24,26). The maximum Gasteiger partial charge on any atom is 0.130 e. The topological polar surface area (TPSA) is 55.6 Å². The SMILES string of the molecule is Cn1ccc2ccc(-c3cc(Nc4ccccn4)cc4nccnc34)cc21. The molecule has 0 atom stereocenters. The Bertz CT molecular complexity index is 1260. The average molecular weight is 351 g/mol. The van der Waals surface area contributed by atoms with Gasteiger partial charge in [0.25, 0.3) is 0 Å². The van der Waals surface area contributed by atoms with Crippen molar-refractivity contribution in [2.45, 2.75) is 0 Å². The monoisotopic (exact) mass is 351 g/mol. The number of aromatic nitrogens is 4. The van der Waals surface area contributed by atoms with Gasteiger partial charge in [0, 0.05) is 48.6 Å². The Kier molecular flexibility index (Phi) is 3.57. The fourth-order valence-electron chi connectivity index (χ4n) is 3.38. The zero-order valence-corrected chi connectivity index (χ0v) is 14.8. The van der Waals surface area contributed by atoms with Crippen molar-refractivity contribution in [3.63, 3.8) is 0 Å². The highest BCUT2D eigenvalue weighted by Gasteiger charge is 2.11. The maximum atomic E-state index is 4.58. The van der Waals surface area contributed by atoms with Gasteiger partial charge in [-0.05, 0) is 47.3 Å². The molecular formula is C22H17N5. The maximum absolute atomic E-state index is 4.58. The Balaban J connectivity index is 1.70. The number of hydrogen-bond donors (Lipinski definition) is 1. The summed E-state index contributed by atoms with van der Waals surface area (Å²) in [7, 11) is 2.06. The third-order valence-electron chi connectivity index (χ3n) is 4.71. The summed E-state index contributed by atoms with van der Waals surface area (Å²) >= 11 is 0. The zero-order chi connectivity index (χ0) is 18.2. The fraction of sp³-hybridized carbons (Fsp3) is 0.0455. The van der Waals surface area contributed by atoms with Crippen LogP contribution in [0.5, 0.6) is 0 Å². The lowest BCUT2D eigenvalue weighted by Gasteiger charge is -2.11. The number of aryl methyl sites for hydroxylation is 1. The van der Waals surface area contributed by atoms with Gasteiger partial charge in [0.2, 0.25) is 0 Å². The third-order valence-corrected chi connectivity index (χ3v) is 4.71. The summed E-state index contributed by atoms with van der Waals surface area (Å²) in [5.74, 6) is 0.796. The molecule has 3 aromatic heterocycles. The first-order valence-electron chi connectivity index (χ1n) is 8.76. The molecule has 3 heterocycles.